The first-order valence-electron chi connectivity index (χ1n) is 5.31. The van der Waals surface area contributed by atoms with E-state index in [4.69, 9.17) is 0 Å². The van der Waals surface area contributed by atoms with Crippen LogP contribution in [0.3, 0.4) is 0 Å². The highest BCUT2D eigenvalue weighted by Crippen LogP contribution is 2.53. The predicted molar refractivity (Wildman–Crippen MR) is 114 cm³/mol. The third kappa shape index (κ3) is 4.23. The van der Waals surface area contributed by atoms with Crippen LogP contribution in [0, 0.1) is 0 Å². The van der Waals surface area contributed by atoms with Crippen molar-refractivity contribution in [3.8, 4) is 11.5 Å². The van der Waals surface area contributed by atoms with E-state index < -0.39 is 0 Å². The van der Waals surface area contributed by atoms with Crippen LogP contribution in [0.25, 0.3) is 0 Å². The molecule has 0 aliphatic rings. The van der Waals surface area contributed by atoms with Crippen molar-refractivity contribution in [1.82, 2.24) is 0 Å². The van der Waals surface area contributed by atoms with Crippen molar-refractivity contribution in [2.45, 2.75) is 9.79 Å². The molecule has 2 aromatic carbocycles. The molecular formula is C12H4Br6O2S2. The van der Waals surface area contributed by atoms with Gasteiger partial charge in [-0.1, -0.05) is 0 Å². The first-order valence-corrected chi connectivity index (χ1v) is 12.2. The van der Waals surface area contributed by atoms with Crippen LogP contribution in [0.4, 0.5) is 0 Å². The van der Waals surface area contributed by atoms with Gasteiger partial charge in [-0.2, -0.15) is 0 Å². The van der Waals surface area contributed by atoms with E-state index in [1.807, 2.05) is 0 Å². The van der Waals surface area contributed by atoms with Crippen LogP contribution >= 0.6 is 117 Å². The van der Waals surface area contributed by atoms with Crippen LogP contribution in [0.2, 0.25) is 0 Å². The first kappa shape index (κ1) is 19.9. The average molecular weight is 724 g/mol. The van der Waals surface area contributed by atoms with Gasteiger partial charge >= 0.3 is 0 Å². The quantitative estimate of drug-likeness (QED) is 0.312. The maximum Gasteiger partial charge on any atom is 0.145 e. The summed E-state index contributed by atoms with van der Waals surface area (Å²) in [5.41, 5.74) is 0. The summed E-state index contributed by atoms with van der Waals surface area (Å²) in [6.45, 7) is 0. The number of phenolic OH excluding ortho intramolecular Hbond substituents is 2. The maximum absolute atomic E-state index is 10.00. The molecule has 0 fully saturated rings. The van der Waals surface area contributed by atoms with E-state index in [0.29, 0.717) is 17.9 Å². The summed E-state index contributed by atoms with van der Waals surface area (Å²) in [6.07, 6.45) is 0. The molecule has 0 saturated heterocycles. The molecule has 0 aliphatic heterocycles. The minimum absolute atomic E-state index is 0.142. The fourth-order valence-electron chi connectivity index (χ4n) is 1.36. The maximum atomic E-state index is 10.00. The molecule has 0 radical (unpaired) electrons. The highest BCUT2D eigenvalue weighted by molar-refractivity contribution is 9.12. The van der Waals surface area contributed by atoms with Crippen LogP contribution in [0.5, 0.6) is 11.5 Å². The predicted octanol–water partition coefficient (Wildman–Crippen LogP) is 8.47. The second-order valence-corrected chi connectivity index (χ2v) is 11.0. The van der Waals surface area contributed by atoms with Crippen LogP contribution in [-0.4, -0.2) is 10.2 Å². The standard InChI is InChI=1S/C12H4Br6O2S2/c13-3-1-5(15)11(7(17)9(3)19)21-22-12-6(16)2-4(14)10(20)8(12)18/h1-2,19-20H. The monoisotopic (exact) mass is 717 g/mol. The summed E-state index contributed by atoms with van der Waals surface area (Å²) >= 11 is 20.3. The van der Waals surface area contributed by atoms with Gasteiger partial charge in [0.25, 0.3) is 0 Å². The van der Waals surface area contributed by atoms with Gasteiger partial charge < -0.3 is 10.2 Å². The zero-order valence-electron chi connectivity index (χ0n) is 10.1. The molecule has 0 bridgehead atoms. The van der Waals surface area contributed by atoms with Crippen molar-refractivity contribution in [2.24, 2.45) is 0 Å². The molecule has 118 valence electrons. The molecule has 2 aromatic rings. The minimum atomic E-state index is 0.142. The van der Waals surface area contributed by atoms with Crippen LogP contribution in [0.1, 0.15) is 0 Å². The summed E-state index contributed by atoms with van der Waals surface area (Å²) in [5, 5.41) is 20.0. The molecule has 0 atom stereocenters. The Labute approximate surface area is 185 Å². The zero-order chi connectivity index (χ0) is 16.6. The van der Waals surface area contributed by atoms with E-state index in [1.165, 1.54) is 21.6 Å². The van der Waals surface area contributed by atoms with E-state index in [9.17, 15) is 10.2 Å². The number of halogens is 6. The lowest BCUT2D eigenvalue weighted by Crippen LogP contribution is -1.82. The average Bonchev–Trinajstić information content (AvgIpc) is 2.45. The first-order chi connectivity index (χ1) is 10.2. The van der Waals surface area contributed by atoms with E-state index in [1.54, 1.807) is 12.1 Å². The van der Waals surface area contributed by atoms with Crippen molar-refractivity contribution in [2.75, 3.05) is 0 Å². The number of phenols is 2. The molecule has 2 N–H and O–H groups in total. The second kappa shape index (κ2) is 8.33. The molecule has 0 spiro atoms. The lowest BCUT2D eigenvalue weighted by atomic mass is 10.3. The summed E-state index contributed by atoms with van der Waals surface area (Å²) in [6, 6.07) is 3.57. The Balaban J connectivity index is 2.36. The highest BCUT2D eigenvalue weighted by Gasteiger charge is 2.18. The fourth-order valence-corrected chi connectivity index (χ4v) is 10.2. The number of benzene rings is 2. The van der Waals surface area contributed by atoms with Gasteiger partial charge in [-0.25, -0.2) is 0 Å². The van der Waals surface area contributed by atoms with Crippen LogP contribution in [-0.2, 0) is 0 Å². The molecule has 2 rings (SSSR count). The largest absolute Gasteiger partial charge is 0.506 e. The van der Waals surface area contributed by atoms with Gasteiger partial charge in [0.05, 0.1) is 27.7 Å². The van der Waals surface area contributed by atoms with Crippen LogP contribution < -0.4 is 0 Å². The van der Waals surface area contributed by atoms with E-state index in [2.05, 4.69) is 95.6 Å². The second-order valence-electron chi connectivity index (χ2n) is 3.83. The van der Waals surface area contributed by atoms with E-state index in [-0.39, 0.29) is 11.5 Å². The van der Waals surface area contributed by atoms with E-state index >= 15 is 0 Å². The summed E-state index contributed by atoms with van der Waals surface area (Å²) in [4.78, 5) is 1.68. The van der Waals surface area contributed by atoms with Gasteiger partial charge in [-0.15, -0.1) is 0 Å². The lowest BCUT2D eigenvalue weighted by Gasteiger charge is -2.12. The molecule has 0 unspecified atom stereocenters. The Morgan fingerprint density at radius 1 is 0.591 bits per heavy atom. The Bertz CT molecular complexity index is 690. The minimum Gasteiger partial charge on any atom is -0.506 e. The van der Waals surface area contributed by atoms with E-state index in [0.717, 1.165) is 18.7 Å². The molecule has 0 aliphatic carbocycles. The Morgan fingerprint density at radius 3 is 1.23 bits per heavy atom. The zero-order valence-corrected chi connectivity index (χ0v) is 21.3. The summed E-state index contributed by atoms with van der Waals surface area (Å²) in [7, 11) is 2.90. The molecule has 0 saturated carbocycles. The molecular weight excluding hydrogens is 720 g/mol. The number of hydrogen-bond acceptors (Lipinski definition) is 4. The number of hydrogen-bond donors (Lipinski definition) is 2. The fraction of sp³-hybridized carbons (Fsp3) is 0. The van der Waals surface area contributed by atoms with Gasteiger partial charge in [0.1, 0.15) is 11.5 Å². The molecule has 0 heterocycles. The third-order valence-corrected chi connectivity index (χ3v) is 9.98. The third-order valence-electron chi connectivity index (χ3n) is 2.42. The molecule has 22 heavy (non-hydrogen) atoms. The molecule has 0 amide bonds. The Kier molecular flexibility index (Phi) is 7.55. The number of rotatable bonds is 3. The number of aromatic hydroxyl groups is 2. The topological polar surface area (TPSA) is 40.5 Å². The van der Waals surface area contributed by atoms with Crippen molar-refractivity contribution >= 4 is 117 Å². The van der Waals surface area contributed by atoms with Gasteiger partial charge in [0.15, 0.2) is 0 Å². The summed E-state index contributed by atoms with van der Waals surface area (Å²) < 4.78 is 4.08. The summed E-state index contributed by atoms with van der Waals surface area (Å²) in [5.74, 6) is 0.283. The van der Waals surface area contributed by atoms with Gasteiger partial charge in [0.2, 0.25) is 0 Å². The molecule has 2 nitrogen and oxygen atoms in total. The Hall–Kier alpha value is 1.62. The SMILES string of the molecule is Oc1c(Br)cc(Br)c(SSc2c(Br)cc(Br)c(O)c2Br)c1Br. The van der Waals surface area contributed by atoms with Crippen LogP contribution in [0.15, 0.2) is 48.8 Å². The van der Waals surface area contributed by atoms with Gasteiger partial charge in [-0.05, 0) is 129 Å². The molecule has 10 heteroatoms. The van der Waals surface area contributed by atoms with Crippen molar-refractivity contribution in [3.05, 3.63) is 39.0 Å². The Morgan fingerprint density at radius 2 is 0.909 bits per heavy atom. The lowest BCUT2D eigenvalue weighted by molar-refractivity contribution is 0.465. The van der Waals surface area contributed by atoms with Crippen molar-refractivity contribution < 1.29 is 10.2 Å². The van der Waals surface area contributed by atoms with Gasteiger partial charge in [0, 0.05) is 8.95 Å². The highest BCUT2D eigenvalue weighted by atomic mass is 79.9. The smallest absolute Gasteiger partial charge is 0.145 e. The van der Waals surface area contributed by atoms with Crippen molar-refractivity contribution in [3.63, 3.8) is 0 Å². The van der Waals surface area contributed by atoms with Crippen molar-refractivity contribution in [1.29, 1.82) is 0 Å². The van der Waals surface area contributed by atoms with Gasteiger partial charge in [-0.3, -0.25) is 0 Å². The normalized spacial score (nSPS) is 11.0. The molecule has 0 aromatic heterocycles.